The predicted octanol–water partition coefficient (Wildman–Crippen LogP) is 2.98. The van der Waals surface area contributed by atoms with E-state index in [1.807, 2.05) is 0 Å². The molecule has 0 unspecified atom stereocenters. The molecule has 1 aliphatic carbocycles. The van der Waals surface area contributed by atoms with Gasteiger partial charge in [0.25, 0.3) is 5.56 Å². The van der Waals surface area contributed by atoms with E-state index in [2.05, 4.69) is 21.6 Å². The molecule has 1 saturated carbocycles. The maximum atomic E-state index is 15.4. The summed E-state index contributed by atoms with van der Waals surface area (Å²) in [5.41, 5.74) is 7.48. The number of nitrogens with two attached hydrogens (primary N) is 1. The number of fused-ring (bicyclic) bond motifs is 1. The van der Waals surface area contributed by atoms with Gasteiger partial charge in [-0.3, -0.25) is 4.79 Å². The molecule has 0 aliphatic heterocycles. The van der Waals surface area contributed by atoms with Crippen molar-refractivity contribution in [2.75, 3.05) is 7.05 Å². The van der Waals surface area contributed by atoms with Crippen LogP contribution in [-0.2, 0) is 6.54 Å². The van der Waals surface area contributed by atoms with E-state index in [1.54, 1.807) is 32.2 Å². The SMILES string of the molecule is CN/C(=C(\C=N)c1ccc2c(=O)[nH]nc(CN)c2c1)c1c(F)c(C)cc(OC2CC2)c1C#N. The molecule has 1 heterocycles. The highest BCUT2D eigenvalue weighted by molar-refractivity contribution is 6.19. The smallest absolute Gasteiger partial charge is 0.272 e. The highest BCUT2D eigenvalue weighted by Gasteiger charge is 2.28. The summed E-state index contributed by atoms with van der Waals surface area (Å²) in [4.78, 5) is 12.2. The number of nitrogens with zero attached hydrogens (tertiary/aromatic N) is 2. The van der Waals surface area contributed by atoms with Crippen molar-refractivity contribution in [2.45, 2.75) is 32.4 Å². The van der Waals surface area contributed by atoms with E-state index in [0.29, 0.717) is 38.9 Å². The second kappa shape index (κ2) is 8.84. The Bertz CT molecular complexity index is 1400. The van der Waals surface area contributed by atoms with Gasteiger partial charge in [0.15, 0.2) is 0 Å². The third kappa shape index (κ3) is 3.97. The number of ether oxygens (including phenoxy) is 1. The normalized spacial score (nSPS) is 13.9. The summed E-state index contributed by atoms with van der Waals surface area (Å²) in [7, 11) is 1.60. The van der Waals surface area contributed by atoms with Crippen molar-refractivity contribution >= 4 is 28.3 Å². The van der Waals surface area contributed by atoms with Gasteiger partial charge in [-0.15, -0.1) is 0 Å². The van der Waals surface area contributed by atoms with Crippen molar-refractivity contribution in [3.05, 3.63) is 68.4 Å². The van der Waals surface area contributed by atoms with Crippen LogP contribution in [0.5, 0.6) is 5.75 Å². The van der Waals surface area contributed by atoms with Crippen molar-refractivity contribution in [1.82, 2.24) is 15.5 Å². The van der Waals surface area contributed by atoms with Crippen molar-refractivity contribution in [3.63, 3.8) is 0 Å². The highest BCUT2D eigenvalue weighted by atomic mass is 19.1. The highest BCUT2D eigenvalue weighted by Crippen LogP contribution is 2.37. The first-order valence-electron chi connectivity index (χ1n) is 10.5. The number of allylic oxidation sites excluding steroid dienone is 1. The molecule has 9 heteroatoms. The molecule has 1 aromatic heterocycles. The van der Waals surface area contributed by atoms with E-state index < -0.39 is 5.82 Å². The summed E-state index contributed by atoms with van der Waals surface area (Å²) < 4.78 is 21.3. The molecule has 8 nitrogen and oxygen atoms in total. The number of aromatic nitrogens is 2. The minimum Gasteiger partial charge on any atom is -0.489 e. The van der Waals surface area contributed by atoms with E-state index in [4.69, 9.17) is 15.9 Å². The molecular weight excluding hydrogens is 423 g/mol. The molecule has 0 saturated heterocycles. The zero-order chi connectivity index (χ0) is 23.7. The summed E-state index contributed by atoms with van der Waals surface area (Å²) >= 11 is 0. The first-order valence-corrected chi connectivity index (χ1v) is 10.5. The van der Waals surface area contributed by atoms with Crippen LogP contribution < -0.4 is 21.3 Å². The van der Waals surface area contributed by atoms with E-state index in [1.165, 1.54) is 6.07 Å². The van der Waals surface area contributed by atoms with Crippen molar-refractivity contribution in [3.8, 4) is 11.8 Å². The van der Waals surface area contributed by atoms with Crippen molar-refractivity contribution < 1.29 is 9.13 Å². The number of benzene rings is 2. The van der Waals surface area contributed by atoms with E-state index in [0.717, 1.165) is 19.1 Å². The molecule has 5 N–H and O–H groups in total. The summed E-state index contributed by atoms with van der Waals surface area (Å²) in [6.45, 7) is 1.71. The average molecular weight is 446 g/mol. The Kier molecular flexibility index (Phi) is 5.94. The Balaban J connectivity index is 2.00. The van der Waals surface area contributed by atoms with Gasteiger partial charge in [0.1, 0.15) is 23.2 Å². The number of aryl methyl sites for hydroxylation is 1. The molecule has 33 heavy (non-hydrogen) atoms. The molecule has 3 aromatic rings. The molecular formula is C24H23FN6O2. The fourth-order valence-electron chi connectivity index (χ4n) is 3.80. The van der Waals surface area contributed by atoms with Crippen LogP contribution in [0.2, 0.25) is 0 Å². The third-order valence-corrected chi connectivity index (χ3v) is 5.63. The third-order valence-electron chi connectivity index (χ3n) is 5.63. The molecule has 0 atom stereocenters. The van der Waals surface area contributed by atoms with Gasteiger partial charge in [-0.05, 0) is 49.1 Å². The van der Waals surface area contributed by atoms with Crippen LogP contribution in [0.25, 0.3) is 22.0 Å². The van der Waals surface area contributed by atoms with Crippen LogP contribution >= 0.6 is 0 Å². The second-order valence-corrected chi connectivity index (χ2v) is 7.83. The molecule has 4 rings (SSSR count). The Labute approximate surface area is 189 Å². The van der Waals surface area contributed by atoms with Crippen LogP contribution in [0.15, 0.2) is 29.1 Å². The van der Waals surface area contributed by atoms with Crippen LogP contribution in [0, 0.1) is 29.5 Å². The Hall–Kier alpha value is -4.03. The number of rotatable bonds is 7. The Morgan fingerprint density at radius 2 is 2.18 bits per heavy atom. The zero-order valence-corrected chi connectivity index (χ0v) is 18.3. The number of halogens is 1. The fraction of sp³-hybridized carbons (Fsp3) is 0.250. The quantitative estimate of drug-likeness (QED) is 0.325. The van der Waals surface area contributed by atoms with Crippen LogP contribution in [-0.4, -0.2) is 29.6 Å². The van der Waals surface area contributed by atoms with Gasteiger partial charge in [0.05, 0.1) is 28.4 Å². The van der Waals surface area contributed by atoms with E-state index in [-0.39, 0.29) is 35.0 Å². The largest absolute Gasteiger partial charge is 0.489 e. The Morgan fingerprint density at radius 1 is 1.42 bits per heavy atom. The number of hydrogen-bond donors (Lipinski definition) is 4. The van der Waals surface area contributed by atoms with Gasteiger partial charge in [0, 0.05) is 30.8 Å². The van der Waals surface area contributed by atoms with Gasteiger partial charge in [-0.2, -0.15) is 10.4 Å². The molecule has 0 spiro atoms. The maximum absolute atomic E-state index is 15.4. The first kappa shape index (κ1) is 22.2. The predicted molar refractivity (Wildman–Crippen MR) is 124 cm³/mol. The number of nitriles is 1. The monoisotopic (exact) mass is 446 g/mol. The lowest BCUT2D eigenvalue weighted by atomic mass is 9.93. The summed E-state index contributed by atoms with van der Waals surface area (Å²) in [6, 6.07) is 8.58. The van der Waals surface area contributed by atoms with Crippen LogP contribution in [0.1, 0.15) is 40.8 Å². The topological polar surface area (TPSA) is 141 Å². The molecule has 0 bridgehead atoms. The number of hydrogen-bond acceptors (Lipinski definition) is 7. The van der Waals surface area contributed by atoms with Crippen molar-refractivity contribution in [2.24, 2.45) is 5.73 Å². The standard InChI is InChI=1S/C24H23FN6O2/c1-12-7-20(33-14-4-5-14)18(10-27)21(22(12)25)23(29-2)17(9-26)13-3-6-15-16(8-13)19(11-28)30-31-24(15)32/h3,6-9,14,26,29H,4-5,11,28H2,1-2H3,(H,31,32)/b23-17+,26-9?. The van der Waals surface area contributed by atoms with E-state index in [9.17, 15) is 10.1 Å². The van der Waals surface area contributed by atoms with Gasteiger partial charge < -0.3 is 21.2 Å². The average Bonchev–Trinajstić information content (AvgIpc) is 3.64. The summed E-state index contributed by atoms with van der Waals surface area (Å²) in [5.74, 6) is -0.245. The molecule has 2 aromatic carbocycles. The molecule has 0 amide bonds. The number of H-pyrrole nitrogens is 1. The molecule has 168 valence electrons. The van der Waals surface area contributed by atoms with Gasteiger partial charge >= 0.3 is 0 Å². The molecule has 0 radical (unpaired) electrons. The van der Waals surface area contributed by atoms with Crippen LogP contribution in [0.4, 0.5) is 4.39 Å². The second-order valence-electron chi connectivity index (χ2n) is 7.83. The van der Waals surface area contributed by atoms with Crippen LogP contribution in [0.3, 0.4) is 0 Å². The zero-order valence-electron chi connectivity index (χ0n) is 18.3. The minimum absolute atomic E-state index is 0.0276. The lowest BCUT2D eigenvalue weighted by molar-refractivity contribution is 0.301. The lowest BCUT2D eigenvalue weighted by Gasteiger charge is -2.19. The maximum Gasteiger partial charge on any atom is 0.272 e. The van der Waals surface area contributed by atoms with E-state index >= 15 is 4.39 Å². The minimum atomic E-state index is -0.569. The summed E-state index contributed by atoms with van der Waals surface area (Å²) in [5, 5.41) is 28.3. The lowest BCUT2D eigenvalue weighted by Crippen LogP contribution is -2.15. The van der Waals surface area contributed by atoms with Gasteiger partial charge in [0.2, 0.25) is 0 Å². The van der Waals surface area contributed by atoms with Gasteiger partial charge in [-0.25, -0.2) is 9.49 Å². The number of nitrogens with one attached hydrogen (secondary N) is 3. The van der Waals surface area contributed by atoms with Crippen molar-refractivity contribution in [1.29, 1.82) is 10.7 Å². The first-order chi connectivity index (χ1) is 15.9. The van der Waals surface area contributed by atoms with Gasteiger partial charge in [-0.1, -0.05) is 6.07 Å². The molecule has 1 aliphatic rings. The number of aromatic amines is 1. The molecule has 1 fully saturated rings. The summed E-state index contributed by atoms with van der Waals surface area (Å²) in [6.07, 6.45) is 2.90. The fourth-order valence-corrected chi connectivity index (χ4v) is 3.80. The Morgan fingerprint density at radius 3 is 2.79 bits per heavy atom.